The summed E-state index contributed by atoms with van der Waals surface area (Å²) in [6.07, 6.45) is -0.952. The largest absolute Gasteiger partial charge is 0.508 e. The minimum Gasteiger partial charge on any atom is -0.508 e. The summed E-state index contributed by atoms with van der Waals surface area (Å²) in [5.74, 6) is 0.115. The predicted octanol–water partition coefficient (Wildman–Crippen LogP) is 4.42. The van der Waals surface area contributed by atoms with Crippen molar-refractivity contribution >= 4 is 16.1 Å². The first-order valence-electron chi connectivity index (χ1n) is 13.6. The minimum absolute atomic E-state index is 0.0345. The molecule has 2 amide bonds. The lowest BCUT2D eigenvalue weighted by Gasteiger charge is -2.36. The lowest BCUT2D eigenvalue weighted by atomic mass is 9.99. The van der Waals surface area contributed by atoms with E-state index in [1.54, 1.807) is 49.4 Å². The van der Waals surface area contributed by atoms with Crippen LogP contribution in [0.4, 0.5) is 4.79 Å². The highest BCUT2D eigenvalue weighted by Gasteiger charge is 2.45. The summed E-state index contributed by atoms with van der Waals surface area (Å²) in [7, 11) is -4.29. The van der Waals surface area contributed by atoms with Crippen molar-refractivity contribution in [3.8, 4) is 11.5 Å². The van der Waals surface area contributed by atoms with E-state index in [9.17, 15) is 28.5 Å². The number of nitrogens with zero attached hydrogens (tertiary/aromatic N) is 3. The van der Waals surface area contributed by atoms with Gasteiger partial charge in [-0.25, -0.2) is 18.2 Å². The number of aromatic hydroxyl groups is 2. The monoisotopic (exact) mass is 587 g/mol. The van der Waals surface area contributed by atoms with Crippen molar-refractivity contribution in [1.29, 1.82) is 0 Å². The summed E-state index contributed by atoms with van der Waals surface area (Å²) in [5, 5.41) is 32.5. The van der Waals surface area contributed by atoms with Crippen molar-refractivity contribution in [2.75, 3.05) is 6.54 Å². The average molecular weight is 588 g/mol. The number of amides is 2. The number of hydrogen-bond donors (Lipinski definition) is 3. The molecule has 218 valence electrons. The number of phenolic OH excluding ortho intramolecular Hbond substituents is 2. The number of benzene rings is 4. The summed E-state index contributed by atoms with van der Waals surface area (Å²) in [6.45, 7) is 1.27. The number of aryl methyl sites for hydroxylation is 1. The van der Waals surface area contributed by atoms with E-state index in [-0.39, 0.29) is 42.4 Å². The number of β-amino-alcohol motifs (C(OH)–C–C–N with tert-alkyl or cyclic N) is 1. The van der Waals surface area contributed by atoms with Crippen molar-refractivity contribution in [1.82, 2.24) is 14.3 Å². The topological polar surface area (TPSA) is 122 Å². The number of sulfonamides is 1. The summed E-state index contributed by atoms with van der Waals surface area (Å²) >= 11 is 0. The van der Waals surface area contributed by atoms with Crippen molar-refractivity contribution in [2.24, 2.45) is 0 Å². The van der Waals surface area contributed by atoms with Crippen LogP contribution in [0, 0.1) is 6.92 Å². The minimum atomic E-state index is -4.29. The summed E-state index contributed by atoms with van der Waals surface area (Å²) in [5.41, 5.74) is 2.68. The highest BCUT2D eigenvalue weighted by molar-refractivity contribution is 7.89. The van der Waals surface area contributed by atoms with E-state index in [1.807, 2.05) is 30.3 Å². The molecule has 0 radical (unpaired) electrons. The third-order valence-electron chi connectivity index (χ3n) is 7.42. The van der Waals surface area contributed by atoms with Gasteiger partial charge in [-0.15, -0.1) is 4.41 Å². The number of aliphatic hydroxyl groups is 1. The van der Waals surface area contributed by atoms with Gasteiger partial charge >= 0.3 is 6.03 Å². The molecule has 1 aliphatic rings. The normalized spacial score (nSPS) is 18.2. The van der Waals surface area contributed by atoms with Gasteiger partial charge in [0.2, 0.25) is 0 Å². The van der Waals surface area contributed by atoms with Crippen molar-refractivity contribution in [3.05, 3.63) is 125 Å². The van der Waals surface area contributed by atoms with E-state index < -0.39 is 28.2 Å². The van der Waals surface area contributed by atoms with E-state index >= 15 is 0 Å². The quantitative estimate of drug-likeness (QED) is 0.281. The fraction of sp³-hybridized carbons (Fsp3) is 0.219. The predicted molar refractivity (Wildman–Crippen MR) is 158 cm³/mol. The van der Waals surface area contributed by atoms with Gasteiger partial charge in [-0.1, -0.05) is 72.8 Å². The highest BCUT2D eigenvalue weighted by atomic mass is 32.2. The second-order valence-corrected chi connectivity index (χ2v) is 12.2. The van der Waals surface area contributed by atoms with Crippen LogP contribution in [0.25, 0.3) is 0 Å². The number of aliphatic hydroxyl groups excluding tert-OH is 1. The first-order valence-corrected chi connectivity index (χ1v) is 15.0. The van der Waals surface area contributed by atoms with E-state index in [2.05, 4.69) is 0 Å². The first kappa shape index (κ1) is 29.1. The fourth-order valence-corrected chi connectivity index (χ4v) is 6.85. The molecule has 1 fully saturated rings. The molecule has 0 bridgehead atoms. The summed E-state index contributed by atoms with van der Waals surface area (Å²) < 4.78 is 29.4. The second kappa shape index (κ2) is 12.2. The maximum Gasteiger partial charge on any atom is 0.336 e. The van der Waals surface area contributed by atoms with Gasteiger partial charge in [0, 0.05) is 6.54 Å². The van der Waals surface area contributed by atoms with Gasteiger partial charge in [0.1, 0.15) is 11.5 Å². The maximum atomic E-state index is 14.5. The molecule has 0 aliphatic carbocycles. The number of carbonyl (C=O) groups excluding carboxylic acids is 1. The van der Waals surface area contributed by atoms with E-state index in [0.717, 1.165) is 15.0 Å². The number of hydrogen-bond acceptors (Lipinski definition) is 6. The van der Waals surface area contributed by atoms with Crippen molar-refractivity contribution in [2.45, 2.75) is 43.5 Å². The molecule has 0 spiro atoms. The SMILES string of the molecule is Cc1ccccc1S(=O)(=O)N1C[C@@H](O)[C@@H](Cc2ccccc2)N(Cc2ccc(O)cc2)C(=O)N1Cc1ccc(O)cc1. The number of urea groups is 1. The summed E-state index contributed by atoms with van der Waals surface area (Å²) in [4.78, 5) is 16.1. The van der Waals surface area contributed by atoms with Gasteiger partial charge in [-0.2, -0.15) is 0 Å². The molecular formula is C32H33N3O6S. The van der Waals surface area contributed by atoms with Gasteiger partial charge in [0.25, 0.3) is 10.0 Å². The first-order chi connectivity index (χ1) is 20.1. The van der Waals surface area contributed by atoms with Crippen LogP contribution in [0.1, 0.15) is 22.3 Å². The molecule has 10 heteroatoms. The van der Waals surface area contributed by atoms with Crippen LogP contribution in [-0.4, -0.2) is 62.8 Å². The molecule has 3 N–H and O–H groups in total. The molecule has 42 heavy (non-hydrogen) atoms. The van der Waals surface area contributed by atoms with Gasteiger partial charge in [0.05, 0.1) is 30.1 Å². The van der Waals surface area contributed by atoms with Crippen LogP contribution in [0.15, 0.2) is 108 Å². The molecule has 1 heterocycles. The fourth-order valence-electron chi connectivity index (χ4n) is 5.17. The molecule has 2 atom stereocenters. The Bertz CT molecular complexity index is 1630. The van der Waals surface area contributed by atoms with Gasteiger partial charge in [-0.05, 0) is 65.9 Å². The Balaban J connectivity index is 1.63. The van der Waals surface area contributed by atoms with Crippen LogP contribution in [0.5, 0.6) is 11.5 Å². The van der Waals surface area contributed by atoms with Crippen molar-refractivity contribution in [3.63, 3.8) is 0 Å². The van der Waals surface area contributed by atoms with E-state index in [1.165, 1.54) is 35.2 Å². The van der Waals surface area contributed by atoms with E-state index in [4.69, 9.17) is 0 Å². The maximum absolute atomic E-state index is 14.5. The second-order valence-electron chi connectivity index (χ2n) is 10.4. The van der Waals surface area contributed by atoms with E-state index in [0.29, 0.717) is 16.7 Å². The molecule has 4 aromatic rings. The average Bonchev–Trinajstić information content (AvgIpc) is 3.07. The van der Waals surface area contributed by atoms with Gasteiger partial charge in [-0.3, -0.25) is 0 Å². The third kappa shape index (κ3) is 6.25. The Morgan fingerprint density at radius 3 is 1.88 bits per heavy atom. The highest BCUT2D eigenvalue weighted by Crippen LogP contribution is 2.30. The summed E-state index contributed by atoms with van der Waals surface area (Å²) in [6, 6.07) is 27.2. The lowest BCUT2D eigenvalue weighted by molar-refractivity contribution is 0.0548. The third-order valence-corrected chi connectivity index (χ3v) is 9.33. The molecule has 0 aromatic heterocycles. The van der Waals surface area contributed by atoms with Crippen LogP contribution >= 0.6 is 0 Å². The van der Waals surface area contributed by atoms with Gasteiger partial charge < -0.3 is 20.2 Å². The van der Waals surface area contributed by atoms with Gasteiger partial charge in [0.15, 0.2) is 0 Å². The molecule has 1 saturated heterocycles. The van der Waals surface area contributed by atoms with Crippen LogP contribution in [0.3, 0.4) is 0 Å². The molecule has 5 rings (SSSR count). The number of rotatable bonds is 8. The van der Waals surface area contributed by atoms with Crippen LogP contribution < -0.4 is 0 Å². The molecule has 0 unspecified atom stereocenters. The standard InChI is InChI=1S/C32H33N3O6S/c1-23-7-5-6-10-31(23)42(40,41)35-22-30(38)29(19-24-8-3-2-4-9-24)33(20-25-11-15-27(36)16-12-25)32(39)34(35)21-26-13-17-28(37)18-14-26/h2-18,29-30,36-38H,19-22H2,1H3/t29-,30-/m1/s1. The Morgan fingerprint density at radius 1 is 0.738 bits per heavy atom. The Morgan fingerprint density at radius 2 is 1.29 bits per heavy atom. The Kier molecular flexibility index (Phi) is 8.49. The zero-order valence-corrected chi connectivity index (χ0v) is 23.9. The van der Waals surface area contributed by atoms with Crippen LogP contribution in [-0.2, 0) is 29.5 Å². The molecular weight excluding hydrogens is 554 g/mol. The zero-order valence-electron chi connectivity index (χ0n) is 23.1. The van der Waals surface area contributed by atoms with Crippen molar-refractivity contribution < 1.29 is 28.5 Å². The smallest absolute Gasteiger partial charge is 0.336 e. The number of phenols is 2. The Labute approximate surface area is 245 Å². The van der Waals surface area contributed by atoms with Crippen LogP contribution in [0.2, 0.25) is 0 Å². The molecule has 9 nitrogen and oxygen atoms in total. The zero-order chi connectivity index (χ0) is 29.9. The molecule has 0 saturated carbocycles. The Hall–Kier alpha value is -4.38. The lowest BCUT2D eigenvalue weighted by Crippen LogP contribution is -2.52. The number of hydrazine groups is 1. The molecule has 4 aromatic carbocycles. The number of carbonyl (C=O) groups is 1. The molecule has 1 aliphatic heterocycles.